The monoisotopic (exact) mass is 497 g/mol. The van der Waals surface area contributed by atoms with Gasteiger partial charge in [-0.05, 0) is 60.8 Å². The van der Waals surface area contributed by atoms with E-state index in [1.807, 2.05) is 18.2 Å². The number of para-hydroxylation sites is 1. The van der Waals surface area contributed by atoms with Crippen molar-refractivity contribution in [3.05, 3.63) is 83.4 Å². The van der Waals surface area contributed by atoms with Crippen LogP contribution in [0.25, 0.3) is 0 Å². The normalized spacial score (nSPS) is 14.8. The van der Waals surface area contributed by atoms with Crippen LogP contribution in [0.4, 0.5) is 0 Å². The van der Waals surface area contributed by atoms with Gasteiger partial charge in [-0.3, -0.25) is 4.79 Å². The van der Waals surface area contributed by atoms with Crippen molar-refractivity contribution in [3.63, 3.8) is 0 Å². The highest BCUT2D eigenvalue weighted by molar-refractivity contribution is 5.90. The third-order valence-corrected chi connectivity index (χ3v) is 6.71. The van der Waals surface area contributed by atoms with Crippen LogP contribution in [-0.2, 0) is 19.6 Å². The fourth-order valence-corrected chi connectivity index (χ4v) is 4.78. The Balaban J connectivity index is 0.00000342. The number of aryl methyl sites for hydroxylation is 1. The molecule has 35 heavy (non-hydrogen) atoms. The molecule has 1 saturated carbocycles. The second-order valence-electron chi connectivity index (χ2n) is 9.34. The number of primary amides is 1. The zero-order chi connectivity index (χ0) is 23.8. The largest absolute Gasteiger partial charge is 0.489 e. The molecule has 4 rings (SSSR count). The van der Waals surface area contributed by atoms with Gasteiger partial charge in [0.2, 0.25) is 0 Å². The molecule has 0 radical (unpaired) electrons. The van der Waals surface area contributed by atoms with Gasteiger partial charge in [0, 0.05) is 12.7 Å². The third kappa shape index (κ3) is 7.84. The summed E-state index contributed by atoms with van der Waals surface area (Å²) in [6.07, 6.45) is 11.6. The first kappa shape index (κ1) is 26.8. The summed E-state index contributed by atoms with van der Waals surface area (Å²) < 4.78 is 7.86. The number of aliphatic hydroxyl groups excluding tert-OH is 1. The number of amides is 1. The second kappa shape index (κ2) is 13.3. The van der Waals surface area contributed by atoms with E-state index in [9.17, 15) is 9.90 Å². The van der Waals surface area contributed by atoms with E-state index in [-0.39, 0.29) is 18.1 Å². The summed E-state index contributed by atoms with van der Waals surface area (Å²) >= 11 is 0. The molecule has 1 fully saturated rings. The molecular weight excluding hydrogens is 462 g/mol. The van der Waals surface area contributed by atoms with Crippen molar-refractivity contribution in [2.45, 2.75) is 76.5 Å². The number of aliphatic hydroxyl groups is 1. The van der Waals surface area contributed by atoms with Gasteiger partial charge in [-0.2, -0.15) is 0 Å². The van der Waals surface area contributed by atoms with Crippen LogP contribution in [0.2, 0.25) is 0 Å². The molecule has 1 aliphatic carbocycles. The number of ether oxygens (including phenoxy) is 1. The molecule has 3 aromatic rings. The van der Waals surface area contributed by atoms with Gasteiger partial charge < -0.3 is 20.1 Å². The number of carbonyl (C=O) groups is 1. The molecule has 1 unspecified atom stereocenters. The molecule has 1 heterocycles. The van der Waals surface area contributed by atoms with E-state index in [1.165, 1.54) is 49.6 Å². The van der Waals surface area contributed by atoms with E-state index in [1.54, 1.807) is 10.8 Å². The number of nitrogens with two attached hydrogens (primary N) is 1. The van der Waals surface area contributed by atoms with Crippen molar-refractivity contribution < 1.29 is 14.6 Å². The number of benzene rings is 2. The smallest absolute Gasteiger partial charge is 0.268 e. The Labute approximate surface area is 213 Å². The molecule has 0 saturated heterocycles. The Morgan fingerprint density at radius 2 is 1.86 bits per heavy atom. The van der Waals surface area contributed by atoms with E-state index in [2.05, 4.69) is 35.3 Å². The molecule has 7 heteroatoms. The van der Waals surface area contributed by atoms with Crippen LogP contribution >= 0.6 is 12.4 Å². The van der Waals surface area contributed by atoms with E-state index < -0.39 is 12.0 Å². The fourth-order valence-electron chi connectivity index (χ4n) is 4.78. The Morgan fingerprint density at radius 1 is 1.11 bits per heavy atom. The van der Waals surface area contributed by atoms with Crippen molar-refractivity contribution >= 4 is 18.3 Å². The van der Waals surface area contributed by atoms with E-state index in [4.69, 9.17) is 10.5 Å². The second-order valence-corrected chi connectivity index (χ2v) is 9.34. The summed E-state index contributed by atoms with van der Waals surface area (Å²) in [5.41, 5.74) is 9.23. The molecule has 188 valence electrons. The van der Waals surface area contributed by atoms with Gasteiger partial charge in [0.1, 0.15) is 18.1 Å². The first-order valence-corrected chi connectivity index (χ1v) is 12.4. The Kier molecular flexibility index (Phi) is 10.2. The number of halogens is 1. The molecule has 1 amide bonds. The molecule has 6 nitrogen and oxygen atoms in total. The highest BCUT2D eigenvalue weighted by Crippen LogP contribution is 2.32. The molecule has 0 spiro atoms. The highest BCUT2D eigenvalue weighted by atomic mass is 35.5. The lowest BCUT2D eigenvalue weighted by atomic mass is 9.84. The van der Waals surface area contributed by atoms with E-state index >= 15 is 0 Å². The Bertz CT molecular complexity index is 1060. The number of hydrogen-bond acceptors (Lipinski definition) is 4. The lowest BCUT2D eigenvalue weighted by molar-refractivity contribution is 0.0995. The first-order valence-electron chi connectivity index (χ1n) is 12.4. The number of nitrogens with zero attached hydrogens (tertiary/aromatic N) is 2. The minimum absolute atomic E-state index is 0. The zero-order valence-electron chi connectivity index (χ0n) is 20.1. The van der Waals surface area contributed by atoms with Crippen LogP contribution in [-0.4, -0.2) is 26.7 Å². The molecule has 0 aliphatic heterocycles. The van der Waals surface area contributed by atoms with Gasteiger partial charge >= 0.3 is 0 Å². The maximum absolute atomic E-state index is 11.2. The number of imidazole rings is 1. The molecule has 2 aromatic carbocycles. The van der Waals surface area contributed by atoms with Crippen molar-refractivity contribution in [1.82, 2.24) is 9.55 Å². The predicted molar refractivity (Wildman–Crippen MR) is 140 cm³/mol. The fraction of sp³-hybridized carbons (Fsp3) is 0.429. The molecule has 1 aliphatic rings. The molecule has 1 aromatic heterocycles. The molecular formula is C28H36ClN3O3. The van der Waals surface area contributed by atoms with Crippen LogP contribution in [0, 0.1) is 0 Å². The van der Waals surface area contributed by atoms with Crippen LogP contribution in [0.15, 0.2) is 61.1 Å². The average molecular weight is 498 g/mol. The molecule has 1 atom stereocenters. The first-order chi connectivity index (χ1) is 16.6. The van der Waals surface area contributed by atoms with Gasteiger partial charge in [0.25, 0.3) is 5.91 Å². The van der Waals surface area contributed by atoms with Gasteiger partial charge in [0.05, 0.1) is 12.4 Å². The van der Waals surface area contributed by atoms with Crippen LogP contribution < -0.4 is 10.5 Å². The number of rotatable bonds is 11. The predicted octanol–water partition coefficient (Wildman–Crippen LogP) is 5.41. The number of hydrogen-bond donors (Lipinski definition) is 2. The molecule has 3 N–H and O–H groups in total. The lowest BCUT2D eigenvalue weighted by Crippen LogP contribution is -2.15. The van der Waals surface area contributed by atoms with Crippen LogP contribution in [0.3, 0.4) is 0 Å². The van der Waals surface area contributed by atoms with Gasteiger partial charge in [-0.15, -0.1) is 12.4 Å². The van der Waals surface area contributed by atoms with Gasteiger partial charge in [-0.1, -0.05) is 61.7 Å². The minimum atomic E-state index is -0.565. The minimum Gasteiger partial charge on any atom is -0.489 e. The number of carbonyl (C=O) groups excluding carboxylic acids is 1. The quantitative estimate of drug-likeness (QED) is 0.370. The Hall–Kier alpha value is -2.83. The zero-order valence-corrected chi connectivity index (χ0v) is 21.0. The SMILES string of the molecule is Cl.NC(=O)c1cn(CC(O)CCCc2ccccc2OCc2ccc(C3CCCCC3)cc2)cn1. The summed E-state index contributed by atoms with van der Waals surface area (Å²) in [4.78, 5) is 15.1. The van der Waals surface area contributed by atoms with Crippen molar-refractivity contribution in [1.29, 1.82) is 0 Å². The maximum atomic E-state index is 11.2. The van der Waals surface area contributed by atoms with Gasteiger partial charge in [-0.25, -0.2) is 4.98 Å². The van der Waals surface area contributed by atoms with Crippen LogP contribution in [0.5, 0.6) is 5.75 Å². The van der Waals surface area contributed by atoms with E-state index in [0.29, 0.717) is 19.6 Å². The summed E-state index contributed by atoms with van der Waals surface area (Å²) in [5.74, 6) is 1.05. The van der Waals surface area contributed by atoms with Crippen molar-refractivity contribution in [3.8, 4) is 5.75 Å². The maximum Gasteiger partial charge on any atom is 0.268 e. The molecule has 0 bridgehead atoms. The van der Waals surface area contributed by atoms with Crippen molar-refractivity contribution in [2.24, 2.45) is 5.73 Å². The highest BCUT2D eigenvalue weighted by Gasteiger charge is 2.15. The van der Waals surface area contributed by atoms with Crippen molar-refractivity contribution in [2.75, 3.05) is 0 Å². The summed E-state index contributed by atoms with van der Waals surface area (Å²) in [5, 5.41) is 10.4. The third-order valence-electron chi connectivity index (χ3n) is 6.71. The topological polar surface area (TPSA) is 90.4 Å². The lowest BCUT2D eigenvalue weighted by Gasteiger charge is -2.22. The van der Waals surface area contributed by atoms with Crippen LogP contribution in [0.1, 0.15) is 78.0 Å². The number of aromatic nitrogens is 2. The average Bonchev–Trinajstić information content (AvgIpc) is 3.33. The van der Waals surface area contributed by atoms with E-state index in [0.717, 1.165) is 30.1 Å². The summed E-state index contributed by atoms with van der Waals surface area (Å²) in [6, 6.07) is 17.1. The standard InChI is InChI=1S/C28H35N3O3.ClH/c29-28(33)26-18-31(20-30-26)17-25(32)11-6-10-24-9-4-5-12-27(24)34-19-21-13-15-23(16-14-21)22-7-2-1-3-8-22;/h4-5,9,12-16,18,20,22,25,32H,1-3,6-8,10-11,17,19H2,(H2,29,33);1H. The summed E-state index contributed by atoms with van der Waals surface area (Å²) in [6.45, 7) is 0.933. The Morgan fingerprint density at radius 3 is 2.57 bits per heavy atom. The van der Waals surface area contributed by atoms with Gasteiger partial charge in [0.15, 0.2) is 0 Å². The summed E-state index contributed by atoms with van der Waals surface area (Å²) in [7, 11) is 0.